The van der Waals surface area contributed by atoms with Crippen LogP contribution in [0.4, 0.5) is 0 Å². The number of hydrogen-bond acceptors (Lipinski definition) is 5. The zero-order chi connectivity index (χ0) is 29.6. The van der Waals surface area contributed by atoms with Gasteiger partial charge in [-0.3, -0.25) is 4.79 Å². The molecule has 0 fully saturated rings. The van der Waals surface area contributed by atoms with E-state index in [2.05, 4.69) is 43.4 Å². The fourth-order valence-electron chi connectivity index (χ4n) is 5.78. The SMILES string of the molecule is CCN(CC(O)CNC(C)(C)CC1Cc2ccccc2C1)S(=O)(=O)c1cccc(-c2ccc(CCC(=O)O)cc2)c1. The number of fused-ring (bicyclic) bond motifs is 1. The van der Waals surface area contributed by atoms with Crippen LogP contribution in [-0.2, 0) is 34.1 Å². The highest BCUT2D eigenvalue weighted by Crippen LogP contribution is 2.32. The molecule has 0 aliphatic heterocycles. The first kappa shape index (κ1) is 30.9. The minimum Gasteiger partial charge on any atom is -0.481 e. The molecular formula is C33H42N2O5S. The summed E-state index contributed by atoms with van der Waals surface area (Å²) in [5.74, 6) is -0.291. The lowest BCUT2D eigenvalue weighted by Gasteiger charge is -2.31. The standard InChI is InChI=1S/C33H42N2O5S/c1-4-35(23-30(36)22-34-33(2,3)21-25-18-27-8-5-6-9-28(27)19-25)41(39,40)31-11-7-10-29(20-31)26-15-12-24(13-16-26)14-17-32(37)38/h5-13,15-16,20,25,30,34,36H,4,14,17-19,21-23H2,1-3H3,(H,37,38). The van der Waals surface area contributed by atoms with Gasteiger partial charge in [-0.05, 0) is 85.4 Å². The Morgan fingerprint density at radius 1 is 1.00 bits per heavy atom. The number of carboxylic acids is 1. The minimum atomic E-state index is -3.83. The molecule has 0 bridgehead atoms. The molecule has 0 spiro atoms. The maximum atomic E-state index is 13.6. The fraction of sp³-hybridized carbons (Fsp3) is 0.424. The Kier molecular flexibility index (Phi) is 10.0. The van der Waals surface area contributed by atoms with E-state index in [0.29, 0.717) is 18.9 Å². The summed E-state index contributed by atoms with van der Waals surface area (Å²) < 4.78 is 28.5. The molecule has 0 amide bonds. The second-order valence-electron chi connectivity index (χ2n) is 11.7. The van der Waals surface area contributed by atoms with Crippen molar-refractivity contribution >= 4 is 16.0 Å². The van der Waals surface area contributed by atoms with Crippen LogP contribution >= 0.6 is 0 Å². The summed E-state index contributed by atoms with van der Waals surface area (Å²) in [5, 5.41) is 23.2. The normalized spacial score (nSPS) is 14.8. The lowest BCUT2D eigenvalue weighted by Crippen LogP contribution is -2.48. The van der Waals surface area contributed by atoms with E-state index in [0.717, 1.165) is 36.0 Å². The van der Waals surface area contributed by atoms with E-state index >= 15 is 0 Å². The van der Waals surface area contributed by atoms with Gasteiger partial charge >= 0.3 is 5.97 Å². The van der Waals surface area contributed by atoms with Crippen LogP contribution in [0.1, 0.15) is 50.3 Å². The molecule has 0 heterocycles. The maximum Gasteiger partial charge on any atom is 0.303 e. The summed E-state index contributed by atoms with van der Waals surface area (Å²) in [6, 6.07) is 22.9. The van der Waals surface area contributed by atoms with Crippen molar-refractivity contribution in [2.45, 2.75) is 69.4 Å². The number of aliphatic hydroxyl groups is 1. The zero-order valence-corrected chi connectivity index (χ0v) is 25.0. The maximum absolute atomic E-state index is 13.6. The van der Waals surface area contributed by atoms with Crippen molar-refractivity contribution in [1.29, 1.82) is 0 Å². The van der Waals surface area contributed by atoms with Crippen LogP contribution in [0.5, 0.6) is 0 Å². The van der Waals surface area contributed by atoms with Gasteiger partial charge in [-0.15, -0.1) is 0 Å². The van der Waals surface area contributed by atoms with Crippen molar-refractivity contribution in [3.8, 4) is 11.1 Å². The summed E-state index contributed by atoms with van der Waals surface area (Å²) in [5.41, 5.74) is 5.17. The first-order valence-electron chi connectivity index (χ1n) is 14.4. The molecule has 220 valence electrons. The number of carboxylic acid groups (broad SMARTS) is 1. The number of aliphatic hydroxyl groups excluding tert-OH is 1. The van der Waals surface area contributed by atoms with Crippen molar-refractivity contribution in [2.24, 2.45) is 5.92 Å². The van der Waals surface area contributed by atoms with E-state index in [1.54, 1.807) is 25.1 Å². The number of nitrogens with zero attached hydrogens (tertiary/aromatic N) is 1. The monoisotopic (exact) mass is 578 g/mol. The smallest absolute Gasteiger partial charge is 0.303 e. The number of aliphatic carboxylic acids is 1. The number of aryl methyl sites for hydroxylation is 1. The van der Waals surface area contributed by atoms with Gasteiger partial charge in [-0.2, -0.15) is 4.31 Å². The Labute approximate surface area is 244 Å². The summed E-state index contributed by atoms with van der Waals surface area (Å²) in [6.07, 6.45) is 2.76. The number of likely N-dealkylation sites (N-methyl/N-ethyl adjacent to an activating group) is 1. The lowest BCUT2D eigenvalue weighted by molar-refractivity contribution is -0.136. The number of sulfonamides is 1. The van der Waals surface area contributed by atoms with Crippen molar-refractivity contribution in [1.82, 2.24) is 9.62 Å². The molecule has 0 saturated heterocycles. The van der Waals surface area contributed by atoms with Crippen molar-refractivity contribution < 1.29 is 23.4 Å². The Balaban J connectivity index is 1.35. The van der Waals surface area contributed by atoms with E-state index in [1.165, 1.54) is 15.4 Å². The molecule has 4 rings (SSSR count). The molecular weight excluding hydrogens is 536 g/mol. The van der Waals surface area contributed by atoms with Gasteiger partial charge in [-0.1, -0.05) is 67.6 Å². The highest BCUT2D eigenvalue weighted by Gasteiger charge is 2.30. The number of rotatable bonds is 14. The van der Waals surface area contributed by atoms with Crippen LogP contribution < -0.4 is 5.32 Å². The molecule has 0 aromatic heterocycles. The zero-order valence-electron chi connectivity index (χ0n) is 24.2. The molecule has 0 radical (unpaired) electrons. The van der Waals surface area contributed by atoms with E-state index in [4.69, 9.17) is 5.11 Å². The predicted molar refractivity (Wildman–Crippen MR) is 162 cm³/mol. The highest BCUT2D eigenvalue weighted by atomic mass is 32.2. The van der Waals surface area contributed by atoms with Crippen molar-refractivity contribution in [3.63, 3.8) is 0 Å². The Bertz CT molecular complexity index is 1410. The number of nitrogens with one attached hydrogen (secondary N) is 1. The summed E-state index contributed by atoms with van der Waals surface area (Å²) >= 11 is 0. The molecule has 1 aliphatic carbocycles. The van der Waals surface area contributed by atoms with Gasteiger partial charge < -0.3 is 15.5 Å². The third kappa shape index (κ3) is 8.26. The second kappa shape index (κ2) is 13.3. The minimum absolute atomic E-state index is 0.000709. The molecule has 3 aromatic rings. The Hall–Kier alpha value is -3.04. The molecule has 1 unspecified atom stereocenters. The Morgan fingerprint density at radius 2 is 1.66 bits per heavy atom. The summed E-state index contributed by atoms with van der Waals surface area (Å²) in [6.45, 7) is 6.60. The van der Waals surface area contributed by atoms with E-state index in [9.17, 15) is 18.3 Å². The lowest BCUT2D eigenvalue weighted by atomic mass is 9.88. The van der Waals surface area contributed by atoms with Gasteiger partial charge in [0.25, 0.3) is 0 Å². The predicted octanol–water partition coefficient (Wildman–Crippen LogP) is 4.92. The molecule has 1 atom stereocenters. The molecule has 8 heteroatoms. The summed E-state index contributed by atoms with van der Waals surface area (Å²) in [4.78, 5) is 11.0. The van der Waals surface area contributed by atoms with Crippen LogP contribution in [0.15, 0.2) is 77.7 Å². The molecule has 1 aliphatic rings. The average molecular weight is 579 g/mol. The van der Waals surface area contributed by atoms with E-state index < -0.39 is 22.1 Å². The number of hydrogen-bond donors (Lipinski definition) is 3. The van der Waals surface area contributed by atoms with Gasteiger partial charge in [0.15, 0.2) is 0 Å². The van der Waals surface area contributed by atoms with Crippen molar-refractivity contribution in [3.05, 3.63) is 89.5 Å². The van der Waals surface area contributed by atoms with Gasteiger partial charge in [0.1, 0.15) is 0 Å². The van der Waals surface area contributed by atoms with Crippen LogP contribution in [0.2, 0.25) is 0 Å². The van der Waals surface area contributed by atoms with Gasteiger partial charge in [0.05, 0.1) is 11.0 Å². The van der Waals surface area contributed by atoms with E-state index in [-0.39, 0.29) is 29.9 Å². The molecule has 3 N–H and O–H groups in total. The van der Waals surface area contributed by atoms with Crippen LogP contribution in [0, 0.1) is 5.92 Å². The molecule has 0 saturated carbocycles. The molecule has 41 heavy (non-hydrogen) atoms. The summed E-state index contributed by atoms with van der Waals surface area (Å²) in [7, 11) is -3.83. The van der Waals surface area contributed by atoms with Crippen LogP contribution in [0.25, 0.3) is 11.1 Å². The van der Waals surface area contributed by atoms with Gasteiger partial charge in [0, 0.05) is 31.6 Å². The number of β-amino-alcohol motifs (C(OH)–C–C–N with tert-alkyl or cyclic N) is 1. The van der Waals surface area contributed by atoms with Gasteiger partial charge in [-0.25, -0.2) is 8.42 Å². The number of benzene rings is 3. The number of carbonyl (C=O) groups is 1. The third-order valence-corrected chi connectivity index (χ3v) is 9.84. The largest absolute Gasteiger partial charge is 0.481 e. The third-order valence-electron chi connectivity index (χ3n) is 7.90. The average Bonchev–Trinajstić information content (AvgIpc) is 3.35. The first-order valence-corrected chi connectivity index (χ1v) is 15.8. The fourth-order valence-corrected chi connectivity index (χ4v) is 7.31. The highest BCUT2D eigenvalue weighted by molar-refractivity contribution is 7.89. The van der Waals surface area contributed by atoms with Crippen molar-refractivity contribution in [2.75, 3.05) is 19.6 Å². The van der Waals surface area contributed by atoms with Gasteiger partial charge in [0.2, 0.25) is 10.0 Å². The van der Waals surface area contributed by atoms with Crippen LogP contribution in [0.3, 0.4) is 0 Å². The second-order valence-corrected chi connectivity index (χ2v) is 13.7. The Morgan fingerprint density at radius 3 is 2.27 bits per heavy atom. The topological polar surface area (TPSA) is 107 Å². The van der Waals surface area contributed by atoms with Crippen LogP contribution in [-0.4, -0.2) is 60.2 Å². The quantitative estimate of drug-likeness (QED) is 0.251. The van der Waals surface area contributed by atoms with E-state index in [1.807, 2.05) is 30.3 Å². The molecule has 7 nitrogen and oxygen atoms in total. The first-order chi connectivity index (χ1) is 19.5. The molecule has 3 aromatic carbocycles.